The number of phenolic OH excluding ortho intramolecular Hbond substituents is 1. The number of thiophene rings is 1. The molecule has 3 aromatic rings. The summed E-state index contributed by atoms with van der Waals surface area (Å²) in [5, 5.41) is 14.1. The number of carbonyl (C=O) groups is 1. The zero-order valence-corrected chi connectivity index (χ0v) is 15.7. The number of phenols is 1. The number of carbonyl (C=O) groups excluding carboxylic acids is 1. The molecule has 0 unspecified atom stereocenters. The number of aromatic hydroxyl groups is 1. The first kappa shape index (κ1) is 18.9. The largest absolute Gasteiger partial charge is 0.507 e. The van der Waals surface area contributed by atoms with Gasteiger partial charge in [0.25, 0.3) is 5.91 Å². The summed E-state index contributed by atoms with van der Waals surface area (Å²) in [4.78, 5) is 12.7. The third kappa shape index (κ3) is 4.63. The minimum Gasteiger partial charge on any atom is -0.507 e. The van der Waals surface area contributed by atoms with Gasteiger partial charge in [-0.1, -0.05) is 12.1 Å². The summed E-state index contributed by atoms with van der Waals surface area (Å²) in [6.45, 7) is 0. The molecule has 0 atom stereocenters. The third-order valence-electron chi connectivity index (χ3n) is 3.53. The van der Waals surface area contributed by atoms with Crippen LogP contribution in [0, 0.1) is 5.82 Å². The standard InChI is InChI=1S/C18H15FN2O4S2/c1-27(24,25)21-13-5-2-4-12(9-13)20-18(23)16-8-11(10-26-16)17-14(19)6-3-7-15(17)22/h2-10,21-22H,1H3,(H,20,23). The van der Waals surface area contributed by atoms with Crippen LogP contribution in [-0.2, 0) is 10.0 Å². The number of anilines is 2. The maximum absolute atomic E-state index is 14.0. The Hall–Kier alpha value is -2.91. The molecule has 0 saturated carbocycles. The first-order valence-electron chi connectivity index (χ1n) is 7.68. The molecule has 0 fully saturated rings. The maximum Gasteiger partial charge on any atom is 0.265 e. The predicted octanol–water partition coefficient (Wildman–Crippen LogP) is 3.88. The molecule has 0 radical (unpaired) electrons. The monoisotopic (exact) mass is 406 g/mol. The highest BCUT2D eigenvalue weighted by molar-refractivity contribution is 7.92. The highest BCUT2D eigenvalue weighted by Crippen LogP contribution is 2.34. The van der Waals surface area contributed by atoms with Crippen molar-refractivity contribution in [1.82, 2.24) is 0 Å². The third-order valence-corrected chi connectivity index (χ3v) is 5.06. The first-order valence-corrected chi connectivity index (χ1v) is 10.5. The summed E-state index contributed by atoms with van der Waals surface area (Å²) < 4.78 is 38.9. The van der Waals surface area contributed by atoms with E-state index in [2.05, 4.69) is 10.0 Å². The lowest BCUT2D eigenvalue weighted by Crippen LogP contribution is -2.12. The number of amides is 1. The van der Waals surface area contributed by atoms with Crippen LogP contribution in [0.25, 0.3) is 11.1 Å². The number of sulfonamides is 1. The molecule has 3 rings (SSSR count). The van der Waals surface area contributed by atoms with Crippen LogP contribution in [0.15, 0.2) is 53.9 Å². The van der Waals surface area contributed by atoms with Crippen LogP contribution in [0.2, 0.25) is 0 Å². The van der Waals surface area contributed by atoms with Gasteiger partial charge >= 0.3 is 0 Å². The van der Waals surface area contributed by atoms with Crippen molar-refractivity contribution in [3.8, 4) is 16.9 Å². The van der Waals surface area contributed by atoms with Crippen LogP contribution in [0.4, 0.5) is 15.8 Å². The molecule has 6 nitrogen and oxygen atoms in total. The summed E-state index contributed by atoms with van der Waals surface area (Å²) in [6.07, 6.45) is 1.03. The Morgan fingerprint density at radius 3 is 2.52 bits per heavy atom. The average Bonchev–Trinajstić information content (AvgIpc) is 3.03. The molecule has 0 aliphatic heterocycles. The van der Waals surface area contributed by atoms with Crippen molar-refractivity contribution in [3.05, 3.63) is 64.6 Å². The Balaban J connectivity index is 1.80. The fourth-order valence-corrected chi connectivity index (χ4v) is 3.80. The molecular weight excluding hydrogens is 391 g/mol. The summed E-state index contributed by atoms with van der Waals surface area (Å²) in [7, 11) is -3.43. The van der Waals surface area contributed by atoms with Crippen molar-refractivity contribution in [1.29, 1.82) is 0 Å². The van der Waals surface area contributed by atoms with Crippen LogP contribution in [0.5, 0.6) is 5.75 Å². The Bertz CT molecular complexity index is 1090. The van der Waals surface area contributed by atoms with E-state index in [-0.39, 0.29) is 11.3 Å². The quantitative estimate of drug-likeness (QED) is 0.599. The van der Waals surface area contributed by atoms with Crippen molar-refractivity contribution in [2.24, 2.45) is 0 Å². The Labute approximate surface area is 159 Å². The fraction of sp³-hybridized carbons (Fsp3) is 0.0556. The maximum atomic E-state index is 14.0. The van der Waals surface area contributed by atoms with Crippen LogP contribution >= 0.6 is 11.3 Å². The number of halogens is 1. The molecule has 0 aliphatic carbocycles. The number of benzene rings is 2. The Morgan fingerprint density at radius 2 is 1.81 bits per heavy atom. The van der Waals surface area contributed by atoms with Crippen molar-refractivity contribution in [2.45, 2.75) is 0 Å². The van der Waals surface area contributed by atoms with Crippen LogP contribution in [0.3, 0.4) is 0 Å². The zero-order valence-electron chi connectivity index (χ0n) is 14.1. The Kier molecular flexibility index (Phi) is 5.15. The average molecular weight is 406 g/mol. The highest BCUT2D eigenvalue weighted by Gasteiger charge is 2.15. The number of rotatable bonds is 5. The molecular formula is C18H15FN2O4S2. The number of hydrogen-bond acceptors (Lipinski definition) is 5. The second-order valence-corrected chi connectivity index (χ2v) is 8.40. The molecule has 3 N–H and O–H groups in total. The molecule has 9 heteroatoms. The van der Waals surface area contributed by atoms with Gasteiger partial charge in [0.05, 0.1) is 22.4 Å². The molecule has 0 aliphatic rings. The van der Waals surface area contributed by atoms with Gasteiger partial charge in [0.2, 0.25) is 10.0 Å². The van der Waals surface area contributed by atoms with E-state index >= 15 is 0 Å². The molecule has 140 valence electrons. The lowest BCUT2D eigenvalue weighted by Gasteiger charge is -2.07. The van der Waals surface area contributed by atoms with Crippen LogP contribution < -0.4 is 10.0 Å². The van der Waals surface area contributed by atoms with Gasteiger partial charge < -0.3 is 10.4 Å². The first-order chi connectivity index (χ1) is 12.7. The van der Waals surface area contributed by atoms with Crippen molar-refractivity contribution >= 4 is 38.6 Å². The van der Waals surface area contributed by atoms with Gasteiger partial charge in [0.1, 0.15) is 11.6 Å². The SMILES string of the molecule is CS(=O)(=O)Nc1cccc(NC(=O)c2cc(-c3c(O)cccc3F)cs2)c1. The molecule has 0 bridgehead atoms. The summed E-state index contributed by atoms with van der Waals surface area (Å²) in [5.74, 6) is -1.22. The molecule has 0 saturated heterocycles. The topological polar surface area (TPSA) is 95.5 Å². The second-order valence-electron chi connectivity index (χ2n) is 5.74. The van der Waals surface area contributed by atoms with E-state index in [0.29, 0.717) is 21.8 Å². The second kappa shape index (κ2) is 7.37. The van der Waals surface area contributed by atoms with E-state index in [1.54, 1.807) is 23.6 Å². The van der Waals surface area contributed by atoms with Crippen molar-refractivity contribution < 1.29 is 22.7 Å². The molecule has 1 amide bonds. The van der Waals surface area contributed by atoms with E-state index in [0.717, 1.165) is 17.6 Å². The Morgan fingerprint density at radius 1 is 1.11 bits per heavy atom. The normalized spacial score (nSPS) is 11.2. The highest BCUT2D eigenvalue weighted by atomic mass is 32.2. The van der Waals surface area contributed by atoms with E-state index < -0.39 is 21.7 Å². The van der Waals surface area contributed by atoms with Gasteiger partial charge in [0, 0.05) is 5.69 Å². The molecule has 2 aromatic carbocycles. The summed E-state index contributed by atoms with van der Waals surface area (Å²) in [5.41, 5.74) is 1.15. The zero-order chi connectivity index (χ0) is 19.6. The number of hydrogen-bond donors (Lipinski definition) is 3. The van der Waals surface area contributed by atoms with Crippen molar-refractivity contribution in [3.63, 3.8) is 0 Å². The van der Waals surface area contributed by atoms with E-state index in [1.165, 1.54) is 30.3 Å². The lowest BCUT2D eigenvalue weighted by molar-refractivity contribution is 0.103. The minimum absolute atomic E-state index is 0.0344. The van der Waals surface area contributed by atoms with Gasteiger partial charge in [-0.2, -0.15) is 0 Å². The molecule has 1 heterocycles. The van der Waals surface area contributed by atoms with Gasteiger partial charge in [0.15, 0.2) is 0 Å². The fourth-order valence-electron chi connectivity index (χ4n) is 2.45. The van der Waals surface area contributed by atoms with Crippen LogP contribution in [-0.4, -0.2) is 25.7 Å². The van der Waals surface area contributed by atoms with Gasteiger partial charge in [-0.25, -0.2) is 12.8 Å². The minimum atomic E-state index is -3.43. The van der Waals surface area contributed by atoms with E-state index in [4.69, 9.17) is 0 Å². The van der Waals surface area contributed by atoms with E-state index in [1.807, 2.05) is 0 Å². The van der Waals surface area contributed by atoms with Crippen molar-refractivity contribution in [2.75, 3.05) is 16.3 Å². The molecule has 1 aromatic heterocycles. The van der Waals surface area contributed by atoms with Gasteiger partial charge in [-0.05, 0) is 47.3 Å². The lowest BCUT2D eigenvalue weighted by atomic mass is 10.1. The smallest absolute Gasteiger partial charge is 0.265 e. The van der Waals surface area contributed by atoms with Gasteiger partial charge in [-0.15, -0.1) is 11.3 Å². The van der Waals surface area contributed by atoms with Crippen LogP contribution in [0.1, 0.15) is 9.67 Å². The number of nitrogens with one attached hydrogen (secondary N) is 2. The predicted molar refractivity (Wildman–Crippen MR) is 104 cm³/mol. The molecule has 27 heavy (non-hydrogen) atoms. The summed E-state index contributed by atoms with van der Waals surface area (Å²) in [6, 6.07) is 11.7. The molecule has 0 spiro atoms. The summed E-state index contributed by atoms with van der Waals surface area (Å²) >= 11 is 1.10. The van der Waals surface area contributed by atoms with E-state index in [9.17, 15) is 22.7 Å². The van der Waals surface area contributed by atoms with Gasteiger partial charge in [-0.3, -0.25) is 9.52 Å².